The Hall–Kier alpha value is -0.740. The highest BCUT2D eigenvalue weighted by molar-refractivity contribution is 8.00. The Morgan fingerprint density at radius 3 is 3.30 bits per heavy atom. The summed E-state index contributed by atoms with van der Waals surface area (Å²) in [5.74, 6) is 3.82. The summed E-state index contributed by atoms with van der Waals surface area (Å²) in [4.78, 5) is 4.46. The lowest BCUT2D eigenvalue weighted by molar-refractivity contribution is 0.145. The molecule has 3 nitrogen and oxygen atoms in total. The maximum absolute atomic E-state index is 7.62. The van der Waals surface area contributed by atoms with Gasteiger partial charge >= 0.3 is 0 Å². The number of nitrogens with zero attached hydrogens (tertiary/aromatic N) is 1. The van der Waals surface area contributed by atoms with Crippen LogP contribution in [-0.2, 0) is 4.74 Å². The lowest BCUT2D eigenvalue weighted by Gasteiger charge is -2.36. The van der Waals surface area contributed by atoms with Gasteiger partial charge in [0, 0.05) is 27.7 Å². The molecule has 4 aliphatic heterocycles. The van der Waals surface area contributed by atoms with Crippen LogP contribution < -0.4 is 5.32 Å². The number of thioether (sulfide) groups is 1. The lowest BCUT2D eigenvalue weighted by Crippen LogP contribution is -2.45. The molecule has 0 spiro atoms. The van der Waals surface area contributed by atoms with E-state index in [-0.39, 0.29) is 17.9 Å². The molecular formula is C19H26N2OS. The van der Waals surface area contributed by atoms with Crippen molar-refractivity contribution in [1.29, 1.82) is 0 Å². The van der Waals surface area contributed by atoms with E-state index in [1.165, 1.54) is 37.0 Å². The first kappa shape index (κ1) is 11.8. The van der Waals surface area contributed by atoms with Gasteiger partial charge in [0.15, 0.2) is 6.23 Å². The van der Waals surface area contributed by atoms with Crippen molar-refractivity contribution in [2.75, 3.05) is 5.75 Å². The maximum Gasteiger partial charge on any atom is 0.196 e. The summed E-state index contributed by atoms with van der Waals surface area (Å²) >= 11 is 2.07. The number of allylic oxidation sites excluding steroid dienone is 2. The highest BCUT2D eigenvalue weighted by Crippen LogP contribution is 2.48. The zero-order chi connectivity index (χ0) is 17.9. The topological polar surface area (TPSA) is 33.6 Å². The minimum Gasteiger partial charge on any atom is -0.472 e. The summed E-state index contributed by atoms with van der Waals surface area (Å²) < 4.78 is 29.2. The molecule has 1 N–H and O–H groups in total. The number of hydrogen-bond acceptors (Lipinski definition) is 4. The molecular weight excluding hydrogens is 304 g/mol. The second-order valence-corrected chi connectivity index (χ2v) is 8.73. The first-order valence-electron chi connectivity index (χ1n) is 10.5. The molecule has 0 aromatic heterocycles. The minimum atomic E-state index is -2.16. The van der Waals surface area contributed by atoms with E-state index < -0.39 is 6.85 Å². The highest BCUT2D eigenvalue weighted by Gasteiger charge is 2.46. The summed E-state index contributed by atoms with van der Waals surface area (Å²) in [5.41, 5.74) is 1.63. The fraction of sp³-hybridized carbons (Fsp3) is 0.737. The van der Waals surface area contributed by atoms with E-state index in [9.17, 15) is 0 Å². The number of piperidine rings is 1. The molecule has 0 aromatic carbocycles. The maximum atomic E-state index is 7.62. The van der Waals surface area contributed by atoms with E-state index >= 15 is 0 Å². The molecule has 3 saturated heterocycles. The summed E-state index contributed by atoms with van der Waals surface area (Å²) in [6, 6.07) is 0.426. The van der Waals surface area contributed by atoms with E-state index in [2.05, 4.69) is 22.1 Å². The monoisotopic (exact) mass is 333 g/mol. The molecule has 4 heterocycles. The molecule has 0 amide bonds. The van der Waals surface area contributed by atoms with Crippen LogP contribution in [0.25, 0.3) is 0 Å². The Balaban J connectivity index is 1.42. The van der Waals surface area contributed by atoms with E-state index in [4.69, 9.17) is 8.85 Å². The van der Waals surface area contributed by atoms with Crippen molar-refractivity contribution < 1.29 is 8.85 Å². The zero-order valence-electron chi connectivity index (χ0n) is 16.3. The van der Waals surface area contributed by atoms with Gasteiger partial charge in [-0.1, -0.05) is 6.08 Å². The average molecular weight is 334 g/mol. The Kier molecular flexibility index (Phi) is 2.89. The summed E-state index contributed by atoms with van der Waals surface area (Å²) in [7, 11) is 0. The third kappa shape index (κ3) is 2.41. The summed E-state index contributed by atoms with van der Waals surface area (Å²) in [5, 5.41) is 4.50. The van der Waals surface area contributed by atoms with Crippen LogP contribution in [0.15, 0.2) is 28.5 Å². The normalized spacial score (nSPS) is 47.7. The smallest absolute Gasteiger partial charge is 0.196 e. The minimum absolute atomic E-state index is 0.181. The molecule has 4 heteroatoms. The lowest BCUT2D eigenvalue weighted by atomic mass is 9.77. The fourth-order valence-corrected chi connectivity index (χ4v) is 6.56. The van der Waals surface area contributed by atoms with Crippen molar-refractivity contribution in [2.45, 2.75) is 63.0 Å². The van der Waals surface area contributed by atoms with E-state index in [0.29, 0.717) is 17.3 Å². The van der Waals surface area contributed by atoms with Gasteiger partial charge in [0.05, 0.1) is 5.37 Å². The Bertz CT molecular complexity index is 687. The molecule has 0 radical (unpaired) electrons. The number of ether oxygens (including phenoxy) is 1. The highest BCUT2D eigenvalue weighted by atomic mass is 32.2. The van der Waals surface area contributed by atoms with E-state index in [0.717, 1.165) is 24.5 Å². The number of rotatable bonds is 1. The zero-order valence-corrected chi connectivity index (χ0v) is 14.1. The summed E-state index contributed by atoms with van der Waals surface area (Å²) in [6.45, 7) is -2.16. The van der Waals surface area contributed by atoms with Crippen LogP contribution in [0.4, 0.5) is 0 Å². The molecule has 5 unspecified atom stereocenters. The molecule has 1 aliphatic carbocycles. The third-order valence-electron chi connectivity index (χ3n) is 6.23. The fourth-order valence-electron chi connectivity index (χ4n) is 5.06. The molecule has 0 bridgehead atoms. The summed E-state index contributed by atoms with van der Waals surface area (Å²) in [6.07, 6.45) is 10.7. The van der Waals surface area contributed by atoms with Crippen molar-refractivity contribution in [3.05, 3.63) is 23.5 Å². The number of nitrogens with one attached hydrogen (secondary N) is 1. The molecule has 3 fully saturated rings. The predicted molar refractivity (Wildman–Crippen MR) is 95.5 cm³/mol. The van der Waals surface area contributed by atoms with E-state index in [1.807, 2.05) is 6.08 Å². The standard InChI is InChI=1S/C19H26N2OS/c1-11-5-7-14-13-3-2-4-15(17(13)22-18(14)20-11)16-8-6-12-9-10-23-19(12)21-16/h5,7,12-14,16,18-19,21H,2-4,6,8-10H2,1H3/t12?,13?,14?,16-,18?,19?/m1/s1/i1D3. The second kappa shape index (κ2) is 5.66. The van der Waals surface area contributed by atoms with Gasteiger partial charge in [0.1, 0.15) is 5.76 Å². The third-order valence-corrected chi connectivity index (χ3v) is 7.58. The Morgan fingerprint density at radius 2 is 2.35 bits per heavy atom. The van der Waals surface area contributed by atoms with Crippen LogP contribution in [0.5, 0.6) is 0 Å². The molecule has 5 rings (SSSR count). The number of aliphatic imine (C=N–C) groups is 1. The van der Waals surface area contributed by atoms with Gasteiger partial charge in [-0.25, -0.2) is 4.99 Å². The van der Waals surface area contributed by atoms with Gasteiger partial charge in [0.2, 0.25) is 0 Å². The van der Waals surface area contributed by atoms with Crippen molar-refractivity contribution in [3.8, 4) is 0 Å². The van der Waals surface area contributed by atoms with Crippen LogP contribution in [0.3, 0.4) is 0 Å². The van der Waals surface area contributed by atoms with Crippen molar-refractivity contribution in [2.24, 2.45) is 22.7 Å². The SMILES string of the molecule is [2H]C([2H])([2H])C1=NC2OC3=C([C@H]4CCC5CCSC5N4)CCCC3C2C=C1. The molecule has 23 heavy (non-hydrogen) atoms. The Labute approximate surface area is 147 Å². The van der Waals surface area contributed by atoms with Crippen LogP contribution in [-0.4, -0.2) is 29.1 Å². The van der Waals surface area contributed by atoms with Crippen LogP contribution in [0.1, 0.15) is 49.5 Å². The van der Waals surface area contributed by atoms with Gasteiger partial charge in [-0.05, 0) is 68.7 Å². The predicted octanol–water partition coefficient (Wildman–Crippen LogP) is 3.88. The van der Waals surface area contributed by atoms with Gasteiger partial charge in [0.25, 0.3) is 0 Å². The Morgan fingerprint density at radius 1 is 1.35 bits per heavy atom. The molecule has 124 valence electrons. The van der Waals surface area contributed by atoms with Gasteiger partial charge in [-0.2, -0.15) is 0 Å². The van der Waals surface area contributed by atoms with E-state index in [1.54, 1.807) is 6.08 Å². The first-order chi connectivity index (χ1) is 12.5. The van der Waals surface area contributed by atoms with Crippen LogP contribution in [0.2, 0.25) is 0 Å². The molecule has 5 aliphatic rings. The van der Waals surface area contributed by atoms with Gasteiger partial charge in [-0.3, -0.25) is 5.32 Å². The first-order valence-corrected chi connectivity index (χ1v) is 10.1. The van der Waals surface area contributed by atoms with Crippen molar-refractivity contribution in [3.63, 3.8) is 0 Å². The number of hydrogen-bond donors (Lipinski definition) is 1. The van der Waals surface area contributed by atoms with Gasteiger partial charge in [-0.15, -0.1) is 11.8 Å². The average Bonchev–Trinajstić information content (AvgIpc) is 3.23. The quantitative estimate of drug-likeness (QED) is 0.791. The van der Waals surface area contributed by atoms with Crippen molar-refractivity contribution >= 4 is 17.5 Å². The molecule has 0 aromatic rings. The van der Waals surface area contributed by atoms with Gasteiger partial charge < -0.3 is 4.74 Å². The van der Waals surface area contributed by atoms with Crippen LogP contribution in [0, 0.1) is 17.8 Å². The molecule has 6 atom stereocenters. The van der Waals surface area contributed by atoms with Crippen molar-refractivity contribution in [1.82, 2.24) is 5.32 Å². The van der Waals surface area contributed by atoms with Crippen LogP contribution >= 0.6 is 11.8 Å². The number of fused-ring (bicyclic) bond motifs is 4. The largest absolute Gasteiger partial charge is 0.472 e. The molecule has 0 saturated carbocycles. The second-order valence-electron chi connectivity index (χ2n) is 7.48. The number of dihydropyridines is 1.